The van der Waals surface area contributed by atoms with E-state index in [0.717, 1.165) is 101 Å². The number of cyclic esters (lactones) is 1. The maximum atomic E-state index is 15.5. The van der Waals surface area contributed by atoms with Gasteiger partial charge < -0.3 is 83.9 Å². The topological polar surface area (TPSA) is 534 Å². The summed E-state index contributed by atoms with van der Waals surface area (Å²) in [5.74, 6) is -9.65. The third-order valence-electron chi connectivity index (χ3n) is 20.7. The summed E-state index contributed by atoms with van der Waals surface area (Å²) in [6.07, 6.45) is 3.35. The van der Waals surface area contributed by atoms with Gasteiger partial charge in [-0.15, -0.1) is 56.7 Å². The molecule has 0 radical (unpaired) electrons. The third kappa shape index (κ3) is 21.0. The van der Waals surface area contributed by atoms with Crippen molar-refractivity contribution < 1.29 is 83.0 Å². The Morgan fingerprint density at radius 2 is 1.40 bits per heavy atom. The Hall–Kier alpha value is -9.53. The molecular formula is C77H98N18O17S6. The van der Waals surface area contributed by atoms with Crippen LogP contribution in [0.25, 0.3) is 11.8 Å². The van der Waals surface area contributed by atoms with Crippen LogP contribution < -0.4 is 58.9 Å². The van der Waals surface area contributed by atoms with Gasteiger partial charge in [0.2, 0.25) is 29.5 Å². The molecule has 10 amide bonds. The number of hydrogen-bond acceptors (Lipinski definition) is 31. The number of esters is 1. The second-order valence-corrected chi connectivity index (χ2v) is 35.1. The number of unbranched alkanes of at least 4 members (excludes halogenated alkanes) is 5. The van der Waals surface area contributed by atoms with Gasteiger partial charge in [0.25, 0.3) is 29.5 Å². The first-order valence-electron chi connectivity index (χ1n) is 38.5. The number of nitrogens with zero attached hydrogens (tertiary/aromatic N) is 7. The first-order valence-corrected chi connectivity index (χ1v) is 44.0. The smallest absolute Gasteiger partial charge is 0.357 e. The number of carbonyl (C=O) groups excluding carboxylic acids is 11. The minimum Gasteiger partial charge on any atom is -0.455 e. The first kappa shape index (κ1) is 90.8. The number of aliphatic hydroxyl groups excluding tert-OH is 4. The molecule has 0 aromatic carbocycles. The number of nitrogens with two attached hydrogens (primary N) is 1. The molecule has 0 saturated heterocycles. The quantitative estimate of drug-likeness (QED) is 0.0294. The zero-order valence-electron chi connectivity index (χ0n) is 66.6. The number of fused-ring (bicyclic) bond motifs is 8. The summed E-state index contributed by atoms with van der Waals surface area (Å²) in [5.41, 5.74) is 0.0284. The van der Waals surface area contributed by atoms with Crippen molar-refractivity contribution in [2.45, 2.75) is 230 Å². The van der Waals surface area contributed by atoms with Gasteiger partial charge in [0.1, 0.15) is 119 Å². The van der Waals surface area contributed by atoms with E-state index in [1.54, 1.807) is 26.0 Å². The summed E-state index contributed by atoms with van der Waals surface area (Å²) in [6, 6.07) is -11.3. The molecule has 1 aliphatic carbocycles. The summed E-state index contributed by atoms with van der Waals surface area (Å²) >= 11 is 5.92. The van der Waals surface area contributed by atoms with Crippen molar-refractivity contribution in [1.82, 2.24) is 83.1 Å². The van der Waals surface area contributed by atoms with E-state index in [1.165, 1.54) is 99.3 Å². The van der Waals surface area contributed by atoms with Gasteiger partial charge in [0.05, 0.1) is 58.9 Å². The molecular weight excluding hydrogens is 1640 g/mol. The Balaban J connectivity index is 1.16. The van der Waals surface area contributed by atoms with Gasteiger partial charge in [-0.1, -0.05) is 84.1 Å². The molecule has 35 nitrogen and oxygen atoms in total. The van der Waals surface area contributed by atoms with E-state index in [9.17, 15) is 63.9 Å². The highest BCUT2D eigenvalue weighted by atomic mass is 32.2. The van der Waals surface area contributed by atoms with Gasteiger partial charge >= 0.3 is 5.97 Å². The summed E-state index contributed by atoms with van der Waals surface area (Å²) in [5, 5.41) is 92.5. The zero-order valence-corrected chi connectivity index (χ0v) is 71.5. The maximum absolute atomic E-state index is 15.5. The SMILES string of the molecule is C=C1NC(=O)[C@H](C)NC(=O)[C@H]([C@@H](C)CC)N[C@@H]2C=Cc3c([C@H](C)O)cc(nc3[C@H]2O)C(=O)O[C@H](C)[C@@H]2NC(=O)c3csc(n3)[C@H]([C@](C)(O)[C@@H](C)O)NC(=O)c3csc(n3)/C(=C/C)NC(=O)[C@H]([C@@H](C)O)NC(=O)c3csc(n3)[C@]3(CCC(c4nc(C(=O)NC(CSCCCCCCCC)C(N)=O)cs4)=N[C@@H]3c3csc2n3)NC(=O)[C@H](C)NC1=O. The van der Waals surface area contributed by atoms with Crippen molar-refractivity contribution in [2.24, 2.45) is 16.6 Å². The Morgan fingerprint density at radius 1 is 0.737 bits per heavy atom. The van der Waals surface area contributed by atoms with Crippen LogP contribution in [0.5, 0.6) is 0 Å². The van der Waals surface area contributed by atoms with Crippen molar-refractivity contribution in [1.29, 1.82) is 0 Å². The average Bonchev–Trinajstić information content (AvgIpc) is 1.47. The van der Waals surface area contributed by atoms with Crippen LogP contribution in [0.15, 0.2) is 62.4 Å². The number of carbonyl (C=O) groups is 11. The van der Waals surface area contributed by atoms with E-state index in [1.807, 2.05) is 6.92 Å². The Morgan fingerprint density at radius 3 is 2.09 bits per heavy atom. The fourth-order valence-electron chi connectivity index (χ4n) is 13.2. The molecule has 0 saturated carbocycles. The number of amides is 10. The summed E-state index contributed by atoms with van der Waals surface area (Å²) in [7, 11) is 0. The molecule has 0 spiro atoms. The molecule has 4 aliphatic rings. The van der Waals surface area contributed by atoms with E-state index >= 15 is 14.4 Å². The van der Waals surface area contributed by atoms with E-state index in [0.29, 0.717) is 6.42 Å². The molecule has 10 rings (SSSR count). The predicted molar refractivity (Wildman–Crippen MR) is 444 cm³/mol. The molecule has 6 aromatic heterocycles. The highest BCUT2D eigenvalue weighted by molar-refractivity contribution is 7.99. The standard InChI is InChI=1S/C77H98N18O17S6/c1-13-16-17-18-19-20-25-113-27-48(60(78)100)86-64(104)49-29-115-71(89-49)45-23-24-77-58(84-45)47-28-116-72(87-47)55(93-65(105)50-31-117-73(90-50)59(76(12,111)40(11)98)94-67(107)51-30-114-70(88-51)43(15-3)85-69(109)54(38(9)97)92-66(106)52-32-118-75(77)91-52)39(10)112-74(110)46-26-42(37(8)96)41-21-22-44(57(99)56(41)83-46)82-53(33(4)14-2)68(108)81-35(6)62(102)79-34(5)61(101)80-36(7)63(103)95-77/h15,21-22,26,28-33,35-40,44,48,53-55,57-59,82,96-99,111H,5,13-14,16-20,23-25,27H2,1-4,6-12H3,(H2,78,100)(H,79,102)(H,80,101)(H,81,108)(H,85,109)(H,86,104)(H,92,106)(H,93,105)(H,94,107)(H,95,103)/b43-15-/t33-,35-,36-,37-,38+,39+,40+,44+,48?,53-,54-,55-,57-,58+,59+,76+,77+/m0/s1. The number of thioether (sulfide) groups is 1. The van der Waals surface area contributed by atoms with E-state index in [4.69, 9.17) is 30.4 Å². The average molecular weight is 1740 g/mol. The Kier molecular flexibility index (Phi) is 30.4. The van der Waals surface area contributed by atoms with Gasteiger partial charge in [-0.3, -0.25) is 58.3 Å². The molecule has 6 aromatic rings. The highest BCUT2D eigenvalue weighted by Crippen LogP contribution is 2.48. The van der Waals surface area contributed by atoms with Gasteiger partial charge in [-0.05, 0) is 98.0 Å². The summed E-state index contributed by atoms with van der Waals surface area (Å²) in [6.45, 7) is 20.3. The van der Waals surface area contributed by atoms with Crippen molar-refractivity contribution in [3.8, 4) is 0 Å². The molecule has 634 valence electrons. The van der Waals surface area contributed by atoms with Crippen molar-refractivity contribution in [3.63, 3.8) is 0 Å². The number of aromatic nitrogens is 6. The summed E-state index contributed by atoms with van der Waals surface area (Å²) < 4.78 is 6.30. The number of allylic oxidation sites excluding steroid dienone is 1. The lowest BCUT2D eigenvalue weighted by Crippen LogP contribution is -2.57. The highest BCUT2D eigenvalue weighted by Gasteiger charge is 2.51. The van der Waals surface area contributed by atoms with Crippen LogP contribution in [0, 0.1) is 5.92 Å². The van der Waals surface area contributed by atoms with Crippen molar-refractivity contribution >= 4 is 151 Å². The number of ether oxygens (including phenoxy) is 1. The lowest BCUT2D eigenvalue weighted by Gasteiger charge is -2.41. The van der Waals surface area contributed by atoms with Crippen LogP contribution in [-0.2, 0) is 39.0 Å². The zero-order chi connectivity index (χ0) is 85.9. The number of pyridine rings is 1. The van der Waals surface area contributed by atoms with Crippen LogP contribution in [0.2, 0.25) is 0 Å². The normalized spacial score (nSPS) is 25.5. The molecule has 0 fully saturated rings. The molecule has 1 unspecified atom stereocenters. The van der Waals surface area contributed by atoms with Crippen molar-refractivity contribution in [3.05, 3.63) is 133 Å². The number of hydrogen-bond donors (Lipinski definition) is 16. The predicted octanol–water partition coefficient (Wildman–Crippen LogP) is 4.81. The van der Waals surface area contributed by atoms with Crippen LogP contribution in [0.4, 0.5) is 0 Å². The van der Waals surface area contributed by atoms with Crippen LogP contribution in [0.3, 0.4) is 0 Å². The first-order chi connectivity index (χ1) is 56.0. The van der Waals surface area contributed by atoms with Gasteiger partial charge in [0, 0.05) is 38.2 Å². The molecule has 13 bridgehead atoms. The van der Waals surface area contributed by atoms with Crippen LogP contribution in [0.1, 0.15) is 264 Å². The fourth-order valence-corrected chi connectivity index (χ4v) is 18.9. The van der Waals surface area contributed by atoms with Gasteiger partial charge in [-0.25, -0.2) is 34.7 Å². The molecule has 41 heteroatoms. The lowest BCUT2D eigenvalue weighted by molar-refractivity contribution is -0.131. The Labute approximate surface area is 704 Å². The summed E-state index contributed by atoms with van der Waals surface area (Å²) in [4.78, 5) is 193. The van der Waals surface area contributed by atoms with E-state index in [-0.39, 0.29) is 100 Å². The van der Waals surface area contributed by atoms with Crippen LogP contribution >= 0.6 is 68.4 Å². The number of thiazole rings is 5. The fraction of sp³-hybridized carbons (Fsp3) is 0.506. The Bertz CT molecular complexity index is 4870. The number of aliphatic imine (C=N–C) groups is 1. The second kappa shape index (κ2) is 39.6. The minimum absolute atomic E-state index is 0.0207. The van der Waals surface area contributed by atoms with Crippen molar-refractivity contribution in [2.75, 3.05) is 11.5 Å². The maximum Gasteiger partial charge on any atom is 0.357 e. The largest absolute Gasteiger partial charge is 0.455 e. The number of primary amides is 1. The third-order valence-corrected chi connectivity index (χ3v) is 26.5. The minimum atomic E-state index is -2.22. The molecule has 9 heterocycles. The number of rotatable bonds is 19. The van der Waals surface area contributed by atoms with E-state index < -0.39 is 178 Å². The van der Waals surface area contributed by atoms with Gasteiger partial charge in [0.15, 0.2) is 0 Å². The number of nitrogens with one attached hydrogen (secondary N) is 10. The van der Waals surface area contributed by atoms with Gasteiger partial charge in [-0.2, -0.15) is 11.8 Å². The monoisotopic (exact) mass is 1740 g/mol. The molecule has 118 heavy (non-hydrogen) atoms. The number of aliphatic hydroxyl groups is 5. The molecule has 17 atom stereocenters. The lowest BCUT2D eigenvalue weighted by atomic mass is 9.80. The van der Waals surface area contributed by atoms with E-state index in [2.05, 4.69) is 81.6 Å². The molecule has 3 aliphatic heterocycles. The molecule has 17 N–H and O–H groups in total. The second-order valence-electron chi connectivity index (χ2n) is 29.6. The van der Waals surface area contributed by atoms with Crippen LogP contribution in [-0.4, -0.2) is 198 Å².